The first-order valence-corrected chi connectivity index (χ1v) is 8.70. The number of rotatable bonds is 5. The predicted octanol–water partition coefficient (Wildman–Crippen LogP) is 0.857. The fourth-order valence-electron chi connectivity index (χ4n) is 3.20. The summed E-state index contributed by atoms with van der Waals surface area (Å²) in [7, 11) is 0. The first-order chi connectivity index (χ1) is 12.5. The summed E-state index contributed by atoms with van der Waals surface area (Å²) in [6.45, 7) is 3.20. The first-order valence-electron chi connectivity index (χ1n) is 8.70. The molecule has 140 valence electrons. The minimum atomic E-state index is -0.500. The van der Waals surface area contributed by atoms with Gasteiger partial charge in [0.1, 0.15) is 6.10 Å². The third-order valence-corrected chi connectivity index (χ3v) is 4.60. The lowest BCUT2D eigenvalue weighted by Crippen LogP contribution is -2.52. The van der Waals surface area contributed by atoms with Crippen molar-refractivity contribution in [3.05, 3.63) is 34.4 Å². The Morgan fingerprint density at radius 2 is 2.04 bits per heavy atom. The second-order valence-electron chi connectivity index (χ2n) is 6.46. The molecule has 2 heterocycles. The number of non-ortho nitro benzene ring substituents is 1. The van der Waals surface area contributed by atoms with Gasteiger partial charge >= 0.3 is 0 Å². The number of benzene rings is 1. The lowest BCUT2D eigenvalue weighted by atomic mass is 10.2. The van der Waals surface area contributed by atoms with Gasteiger partial charge in [-0.3, -0.25) is 24.6 Å². The summed E-state index contributed by atoms with van der Waals surface area (Å²) in [5, 5.41) is 13.5. The molecule has 9 nitrogen and oxygen atoms in total. The number of nitrogens with zero attached hydrogens (tertiary/aromatic N) is 3. The molecule has 2 amide bonds. The standard InChI is InChI=1S/C17H22N4O5/c22-16(18-13-3-1-4-14(11-13)21(24)25)12-19-6-8-20(9-7-19)17(23)15-5-2-10-26-15/h1,3-4,11,15H,2,5-10,12H2,(H,18,22). The Morgan fingerprint density at radius 3 is 2.69 bits per heavy atom. The van der Waals surface area contributed by atoms with Crippen LogP contribution in [0.1, 0.15) is 12.8 Å². The Bertz CT molecular complexity index is 681. The molecule has 1 atom stereocenters. The van der Waals surface area contributed by atoms with E-state index < -0.39 is 4.92 Å². The average Bonchev–Trinajstić information content (AvgIpc) is 3.16. The van der Waals surface area contributed by atoms with Crippen LogP contribution < -0.4 is 5.32 Å². The highest BCUT2D eigenvalue weighted by Crippen LogP contribution is 2.18. The van der Waals surface area contributed by atoms with Crippen molar-refractivity contribution in [3.8, 4) is 0 Å². The smallest absolute Gasteiger partial charge is 0.271 e. The highest BCUT2D eigenvalue weighted by atomic mass is 16.6. The topological polar surface area (TPSA) is 105 Å². The highest BCUT2D eigenvalue weighted by Gasteiger charge is 2.30. The van der Waals surface area contributed by atoms with Gasteiger partial charge in [0.05, 0.1) is 11.5 Å². The maximum Gasteiger partial charge on any atom is 0.271 e. The molecule has 1 unspecified atom stereocenters. The summed E-state index contributed by atoms with van der Waals surface area (Å²) in [5.74, 6) is -0.187. The van der Waals surface area contributed by atoms with E-state index in [-0.39, 0.29) is 30.2 Å². The lowest BCUT2D eigenvalue weighted by Gasteiger charge is -2.35. The number of hydrogen-bond acceptors (Lipinski definition) is 6. The summed E-state index contributed by atoms with van der Waals surface area (Å²) in [4.78, 5) is 38.5. The van der Waals surface area contributed by atoms with Crippen molar-refractivity contribution in [2.45, 2.75) is 18.9 Å². The van der Waals surface area contributed by atoms with Crippen LogP contribution in [0.15, 0.2) is 24.3 Å². The van der Waals surface area contributed by atoms with Crippen molar-refractivity contribution in [2.24, 2.45) is 0 Å². The molecule has 0 aliphatic carbocycles. The van der Waals surface area contributed by atoms with Crippen LogP contribution in [0.25, 0.3) is 0 Å². The van der Waals surface area contributed by atoms with Crippen LogP contribution in [-0.4, -0.2) is 72.0 Å². The molecule has 2 saturated heterocycles. The molecule has 0 spiro atoms. The van der Waals surface area contributed by atoms with E-state index in [4.69, 9.17) is 4.74 Å². The van der Waals surface area contributed by atoms with Gasteiger partial charge in [-0.05, 0) is 18.9 Å². The number of ether oxygens (including phenoxy) is 1. The van der Waals surface area contributed by atoms with E-state index in [1.807, 2.05) is 4.90 Å². The van der Waals surface area contributed by atoms with E-state index >= 15 is 0 Å². The maximum atomic E-state index is 12.3. The number of amides is 2. The van der Waals surface area contributed by atoms with Gasteiger partial charge in [0.15, 0.2) is 0 Å². The second-order valence-corrected chi connectivity index (χ2v) is 6.46. The van der Waals surface area contributed by atoms with Crippen LogP contribution in [0, 0.1) is 10.1 Å². The zero-order valence-electron chi connectivity index (χ0n) is 14.4. The molecule has 0 bridgehead atoms. The summed E-state index contributed by atoms with van der Waals surface area (Å²) >= 11 is 0. The van der Waals surface area contributed by atoms with Crippen molar-refractivity contribution in [2.75, 3.05) is 44.6 Å². The third-order valence-electron chi connectivity index (χ3n) is 4.60. The minimum Gasteiger partial charge on any atom is -0.368 e. The number of nitro benzene ring substituents is 1. The van der Waals surface area contributed by atoms with Crippen LogP contribution in [-0.2, 0) is 14.3 Å². The normalized spacial score (nSPS) is 20.8. The maximum absolute atomic E-state index is 12.3. The summed E-state index contributed by atoms with van der Waals surface area (Å²) in [5.41, 5.74) is 0.334. The van der Waals surface area contributed by atoms with E-state index in [0.29, 0.717) is 38.5 Å². The number of carbonyl (C=O) groups is 2. The van der Waals surface area contributed by atoms with Crippen molar-refractivity contribution < 1.29 is 19.2 Å². The zero-order chi connectivity index (χ0) is 18.5. The quantitative estimate of drug-likeness (QED) is 0.615. The molecule has 26 heavy (non-hydrogen) atoms. The monoisotopic (exact) mass is 362 g/mol. The first kappa shape index (κ1) is 18.3. The summed E-state index contributed by atoms with van der Waals surface area (Å²) in [6.07, 6.45) is 1.40. The van der Waals surface area contributed by atoms with E-state index in [1.165, 1.54) is 18.2 Å². The summed E-state index contributed by atoms with van der Waals surface area (Å²) < 4.78 is 5.44. The Hall–Kier alpha value is -2.52. The number of anilines is 1. The molecule has 2 aliphatic heterocycles. The van der Waals surface area contributed by atoms with Gasteiger partial charge in [-0.15, -0.1) is 0 Å². The lowest BCUT2D eigenvalue weighted by molar-refractivity contribution is -0.384. The van der Waals surface area contributed by atoms with Gasteiger partial charge in [-0.2, -0.15) is 0 Å². The molecule has 1 N–H and O–H groups in total. The van der Waals surface area contributed by atoms with Gasteiger partial charge in [0, 0.05) is 50.6 Å². The largest absolute Gasteiger partial charge is 0.368 e. The number of nitrogens with one attached hydrogen (secondary N) is 1. The molecule has 2 fully saturated rings. The molecule has 1 aromatic carbocycles. The molecule has 0 aromatic heterocycles. The zero-order valence-corrected chi connectivity index (χ0v) is 14.4. The number of hydrogen-bond donors (Lipinski definition) is 1. The second kappa shape index (κ2) is 8.24. The number of piperazine rings is 1. The van der Waals surface area contributed by atoms with Crippen LogP contribution in [0.3, 0.4) is 0 Å². The van der Waals surface area contributed by atoms with Crippen LogP contribution in [0.4, 0.5) is 11.4 Å². The minimum absolute atomic E-state index is 0.0446. The van der Waals surface area contributed by atoms with E-state index in [0.717, 1.165) is 12.8 Å². The number of nitro groups is 1. The SMILES string of the molecule is O=C(CN1CCN(C(=O)C2CCCO2)CC1)Nc1cccc([N+](=O)[O-])c1. The van der Waals surface area contributed by atoms with E-state index in [2.05, 4.69) is 5.32 Å². The highest BCUT2D eigenvalue weighted by molar-refractivity contribution is 5.92. The Morgan fingerprint density at radius 1 is 1.27 bits per heavy atom. The summed E-state index contributed by atoms with van der Waals surface area (Å²) in [6, 6.07) is 5.85. The van der Waals surface area contributed by atoms with E-state index in [9.17, 15) is 19.7 Å². The van der Waals surface area contributed by atoms with Gasteiger partial charge in [-0.25, -0.2) is 0 Å². The Kier molecular flexibility index (Phi) is 5.79. The molecular formula is C17H22N4O5. The third kappa shape index (κ3) is 4.55. The van der Waals surface area contributed by atoms with E-state index in [1.54, 1.807) is 11.0 Å². The Labute approximate surface area is 151 Å². The van der Waals surface area contributed by atoms with Gasteiger partial charge < -0.3 is 15.0 Å². The van der Waals surface area contributed by atoms with Crippen molar-refractivity contribution >= 4 is 23.2 Å². The predicted molar refractivity (Wildman–Crippen MR) is 93.7 cm³/mol. The fourth-order valence-corrected chi connectivity index (χ4v) is 3.20. The van der Waals surface area contributed by atoms with Crippen LogP contribution in [0.5, 0.6) is 0 Å². The number of carbonyl (C=O) groups excluding carboxylic acids is 2. The molecule has 0 radical (unpaired) electrons. The molecule has 0 saturated carbocycles. The van der Waals surface area contributed by atoms with Gasteiger partial charge in [0.25, 0.3) is 11.6 Å². The van der Waals surface area contributed by atoms with Crippen LogP contribution >= 0.6 is 0 Å². The fraction of sp³-hybridized carbons (Fsp3) is 0.529. The van der Waals surface area contributed by atoms with Crippen molar-refractivity contribution in [3.63, 3.8) is 0 Å². The molecule has 2 aliphatic rings. The van der Waals surface area contributed by atoms with Crippen LogP contribution in [0.2, 0.25) is 0 Å². The Balaban J connectivity index is 1.45. The van der Waals surface area contributed by atoms with Crippen molar-refractivity contribution in [1.29, 1.82) is 0 Å². The average molecular weight is 362 g/mol. The molecule has 3 rings (SSSR count). The van der Waals surface area contributed by atoms with Gasteiger partial charge in [-0.1, -0.05) is 6.07 Å². The molecular weight excluding hydrogens is 340 g/mol. The molecule has 9 heteroatoms. The molecule has 1 aromatic rings. The van der Waals surface area contributed by atoms with Crippen molar-refractivity contribution in [1.82, 2.24) is 9.80 Å². The van der Waals surface area contributed by atoms with Gasteiger partial charge in [0.2, 0.25) is 5.91 Å².